The molecule has 0 spiro atoms. The molecule has 98 valence electrons. The molecule has 7 nitrogen and oxygen atoms in total. The van der Waals surface area contributed by atoms with Crippen LogP contribution in [0.1, 0.15) is 6.92 Å². The standard InChI is InChI=1S/C10H17NO6/c1-5(2)10(17)11-6(3-12)8(15)9(16)7(14)4-13/h3,6-9,13-16H,1,4H2,2H3,(H,11,17)/t6-,7-,8-,9-/m1/s1. The number of aliphatic hydroxyl groups excluding tert-OH is 4. The van der Waals surface area contributed by atoms with Crippen LogP contribution in [0.2, 0.25) is 0 Å². The highest BCUT2D eigenvalue weighted by atomic mass is 16.4. The van der Waals surface area contributed by atoms with Gasteiger partial charge in [0.2, 0.25) is 5.91 Å². The Hall–Kier alpha value is -1.28. The Kier molecular flexibility index (Phi) is 6.59. The van der Waals surface area contributed by atoms with Gasteiger partial charge in [0, 0.05) is 5.57 Å². The van der Waals surface area contributed by atoms with Crippen molar-refractivity contribution in [2.24, 2.45) is 0 Å². The van der Waals surface area contributed by atoms with E-state index in [1.54, 1.807) is 0 Å². The Morgan fingerprint density at radius 2 is 1.88 bits per heavy atom. The van der Waals surface area contributed by atoms with Crippen molar-refractivity contribution in [3.63, 3.8) is 0 Å². The van der Waals surface area contributed by atoms with Gasteiger partial charge in [0.05, 0.1) is 6.61 Å². The summed E-state index contributed by atoms with van der Waals surface area (Å²) in [5.41, 5.74) is 0.126. The van der Waals surface area contributed by atoms with Gasteiger partial charge in [-0.3, -0.25) is 4.79 Å². The second kappa shape index (κ2) is 7.13. The van der Waals surface area contributed by atoms with Gasteiger partial charge >= 0.3 is 0 Å². The lowest BCUT2D eigenvalue weighted by atomic mass is 10.0. The smallest absolute Gasteiger partial charge is 0.246 e. The average molecular weight is 247 g/mol. The van der Waals surface area contributed by atoms with Gasteiger partial charge in [0.25, 0.3) is 0 Å². The molecule has 17 heavy (non-hydrogen) atoms. The first-order valence-electron chi connectivity index (χ1n) is 4.91. The van der Waals surface area contributed by atoms with Crippen LogP contribution in [0.3, 0.4) is 0 Å². The number of rotatable bonds is 7. The zero-order chi connectivity index (χ0) is 13.6. The van der Waals surface area contributed by atoms with Crippen LogP contribution in [0, 0.1) is 0 Å². The minimum absolute atomic E-state index is 0.126. The third-order valence-electron chi connectivity index (χ3n) is 2.13. The first-order valence-corrected chi connectivity index (χ1v) is 4.91. The van der Waals surface area contributed by atoms with E-state index in [-0.39, 0.29) is 11.9 Å². The molecule has 0 aromatic carbocycles. The van der Waals surface area contributed by atoms with Gasteiger partial charge in [-0.15, -0.1) is 0 Å². The molecule has 0 aliphatic carbocycles. The molecular formula is C10H17NO6. The van der Waals surface area contributed by atoms with E-state index in [0.29, 0.717) is 0 Å². The summed E-state index contributed by atoms with van der Waals surface area (Å²) in [7, 11) is 0. The van der Waals surface area contributed by atoms with Crippen LogP contribution in [0.25, 0.3) is 0 Å². The van der Waals surface area contributed by atoms with Crippen molar-refractivity contribution in [2.75, 3.05) is 6.61 Å². The molecule has 0 aliphatic rings. The summed E-state index contributed by atoms with van der Waals surface area (Å²) in [5.74, 6) is -0.660. The molecule has 5 N–H and O–H groups in total. The SMILES string of the molecule is C=C(C)C(=O)N[C@H](C=O)[C@@H](O)[C@H](O)[C@H](O)CO. The first kappa shape index (κ1) is 15.7. The van der Waals surface area contributed by atoms with Gasteiger partial charge in [-0.05, 0) is 6.92 Å². The predicted octanol–water partition coefficient (Wildman–Crippen LogP) is -2.68. The molecule has 0 saturated heterocycles. The summed E-state index contributed by atoms with van der Waals surface area (Å²) in [6.07, 6.45) is -4.86. The second-order valence-corrected chi connectivity index (χ2v) is 3.65. The highest BCUT2D eigenvalue weighted by Gasteiger charge is 2.31. The van der Waals surface area contributed by atoms with Crippen molar-refractivity contribution < 1.29 is 30.0 Å². The molecule has 0 aliphatic heterocycles. The summed E-state index contributed by atoms with van der Waals surface area (Å²) >= 11 is 0. The third kappa shape index (κ3) is 4.61. The minimum Gasteiger partial charge on any atom is -0.394 e. The van der Waals surface area contributed by atoms with Crippen molar-refractivity contribution in [2.45, 2.75) is 31.3 Å². The van der Waals surface area contributed by atoms with Crippen molar-refractivity contribution >= 4 is 12.2 Å². The monoisotopic (exact) mass is 247 g/mol. The topological polar surface area (TPSA) is 127 Å². The molecular weight excluding hydrogens is 230 g/mol. The fraction of sp³-hybridized carbons (Fsp3) is 0.600. The van der Waals surface area contributed by atoms with E-state index in [9.17, 15) is 19.8 Å². The quantitative estimate of drug-likeness (QED) is 0.246. The number of hydrogen-bond acceptors (Lipinski definition) is 6. The van der Waals surface area contributed by atoms with Crippen LogP contribution in [-0.2, 0) is 9.59 Å². The van der Waals surface area contributed by atoms with Crippen LogP contribution in [0.15, 0.2) is 12.2 Å². The predicted molar refractivity (Wildman–Crippen MR) is 57.9 cm³/mol. The molecule has 0 rings (SSSR count). The van der Waals surface area contributed by atoms with E-state index in [4.69, 9.17) is 10.2 Å². The summed E-state index contributed by atoms with van der Waals surface area (Å²) < 4.78 is 0. The van der Waals surface area contributed by atoms with Crippen molar-refractivity contribution in [3.8, 4) is 0 Å². The maximum atomic E-state index is 11.2. The summed E-state index contributed by atoms with van der Waals surface area (Å²) in [4.78, 5) is 21.9. The lowest BCUT2D eigenvalue weighted by Gasteiger charge is -2.26. The van der Waals surface area contributed by atoms with Gasteiger partial charge in [-0.2, -0.15) is 0 Å². The normalized spacial score (nSPS) is 17.7. The maximum absolute atomic E-state index is 11.2. The lowest BCUT2D eigenvalue weighted by Crippen LogP contribution is -2.53. The van der Waals surface area contributed by atoms with Crippen LogP contribution in [-0.4, -0.2) is 63.6 Å². The summed E-state index contributed by atoms with van der Waals surface area (Å²) in [5, 5.41) is 38.6. The van der Waals surface area contributed by atoms with E-state index < -0.39 is 36.9 Å². The Balaban J connectivity index is 4.60. The molecule has 0 fully saturated rings. The molecule has 0 aromatic heterocycles. The van der Waals surface area contributed by atoms with E-state index in [2.05, 4.69) is 11.9 Å². The molecule has 7 heteroatoms. The van der Waals surface area contributed by atoms with E-state index in [1.807, 2.05) is 0 Å². The van der Waals surface area contributed by atoms with Gasteiger partial charge < -0.3 is 30.5 Å². The van der Waals surface area contributed by atoms with Crippen molar-refractivity contribution in [1.82, 2.24) is 5.32 Å². The molecule has 0 saturated carbocycles. The number of hydrogen-bond donors (Lipinski definition) is 5. The largest absolute Gasteiger partial charge is 0.394 e. The number of carbonyl (C=O) groups is 2. The van der Waals surface area contributed by atoms with Crippen LogP contribution in [0.4, 0.5) is 0 Å². The second-order valence-electron chi connectivity index (χ2n) is 3.65. The molecule has 4 atom stereocenters. The average Bonchev–Trinajstić information content (AvgIpc) is 2.32. The number of carbonyl (C=O) groups excluding carboxylic acids is 2. The zero-order valence-electron chi connectivity index (χ0n) is 9.41. The van der Waals surface area contributed by atoms with Crippen LogP contribution < -0.4 is 5.32 Å². The van der Waals surface area contributed by atoms with Crippen molar-refractivity contribution in [3.05, 3.63) is 12.2 Å². The lowest BCUT2D eigenvalue weighted by molar-refractivity contribution is -0.128. The number of nitrogens with one attached hydrogen (secondary N) is 1. The van der Waals surface area contributed by atoms with Crippen molar-refractivity contribution in [1.29, 1.82) is 0 Å². The highest BCUT2D eigenvalue weighted by Crippen LogP contribution is 2.04. The number of aliphatic hydroxyl groups is 4. The van der Waals surface area contributed by atoms with Crippen LogP contribution >= 0.6 is 0 Å². The molecule has 0 unspecified atom stereocenters. The third-order valence-corrected chi connectivity index (χ3v) is 2.13. The Morgan fingerprint density at radius 1 is 1.35 bits per heavy atom. The van der Waals surface area contributed by atoms with E-state index in [0.717, 1.165) is 0 Å². The van der Waals surface area contributed by atoms with E-state index >= 15 is 0 Å². The Labute approximate surface area is 98.4 Å². The number of aldehydes is 1. The zero-order valence-corrected chi connectivity index (χ0v) is 9.41. The first-order chi connectivity index (χ1) is 7.84. The fourth-order valence-corrected chi connectivity index (χ4v) is 1.02. The molecule has 0 bridgehead atoms. The summed E-state index contributed by atoms with van der Waals surface area (Å²) in [6, 6.07) is -1.39. The highest BCUT2D eigenvalue weighted by molar-refractivity contribution is 5.93. The molecule has 0 radical (unpaired) electrons. The molecule has 0 heterocycles. The molecule has 0 aromatic rings. The van der Waals surface area contributed by atoms with Gasteiger partial charge in [0.1, 0.15) is 30.6 Å². The minimum atomic E-state index is -1.75. The van der Waals surface area contributed by atoms with E-state index in [1.165, 1.54) is 6.92 Å². The fourth-order valence-electron chi connectivity index (χ4n) is 1.02. The van der Waals surface area contributed by atoms with Gasteiger partial charge in [-0.25, -0.2) is 0 Å². The summed E-state index contributed by atoms with van der Waals surface area (Å²) in [6.45, 7) is 3.96. The maximum Gasteiger partial charge on any atom is 0.246 e. The van der Waals surface area contributed by atoms with Crippen LogP contribution in [0.5, 0.6) is 0 Å². The Bertz CT molecular complexity index is 293. The number of amides is 1. The van der Waals surface area contributed by atoms with Gasteiger partial charge in [-0.1, -0.05) is 6.58 Å². The Morgan fingerprint density at radius 3 is 2.24 bits per heavy atom. The van der Waals surface area contributed by atoms with Gasteiger partial charge in [0.15, 0.2) is 0 Å². The molecule has 1 amide bonds.